The normalized spacial score (nSPS) is 19.1. The minimum absolute atomic E-state index is 0.0506. The predicted octanol–water partition coefficient (Wildman–Crippen LogP) is 3.91. The van der Waals surface area contributed by atoms with Crippen molar-refractivity contribution in [2.75, 3.05) is 26.2 Å². The van der Waals surface area contributed by atoms with Crippen molar-refractivity contribution in [1.82, 2.24) is 10.2 Å². The largest absolute Gasteiger partial charge is 0.506 e. The molecule has 1 heterocycles. The van der Waals surface area contributed by atoms with Crippen LogP contribution < -0.4 is 5.32 Å². The number of nitrogens with one attached hydrogen (secondary N) is 1. The van der Waals surface area contributed by atoms with Gasteiger partial charge in [-0.2, -0.15) is 0 Å². The van der Waals surface area contributed by atoms with Crippen molar-refractivity contribution in [2.24, 2.45) is 5.41 Å². The third kappa shape index (κ3) is 3.56. The Bertz CT molecular complexity index is 479. The minimum atomic E-state index is 0.0506. The molecule has 1 aromatic rings. The number of hydrogen-bond acceptors (Lipinski definition) is 3. The first-order valence-electron chi connectivity index (χ1n) is 6.93. The molecule has 5 heteroatoms. The fourth-order valence-corrected chi connectivity index (χ4v) is 4.20. The van der Waals surface area contributed by atoms with Crippen LogP contribution in [0.5, 0.6) is 5.75 Å². The van der Waals surface area contributed by atoms with Crippen LogP contribution in [0.25, 0.3) is 0 Å². The first-order chi connectivity index (χ1) is 9.30. The first-order valence-corrected chi connectivity index (χ1v) is 8.52. The van der Waals surface area contributed by atoms with Gasteiger partial charge in [-0.3, -0.25) is 4.90 Å². The molecule has 0 amide bonds. The van der Waals surface area contributed by atoms with Crippen LogP contribution in [0.1, 0.15) is 32.4 Å². The highest BCUT2D eigenvalue weighted by atomic mass is 79.9. The fraction of sp³-hybridized carbons (Fsp3) is 0.600. The fourth-order valence-electron chi connectivity index (χ4n) is 2.95. The van der Waals surface area contributed by atoms with Gasteiger partial charge in [-0.25, -0.2) is 0 Å². The summed E-state index contributed by atoms with van der Waals surface area (Å²) in [6.45, 7) is 10.7. The van der Waals surface area contributed by atoms with Gasteiger partial charge in [0.1, 0.15) is 5.75 Å². The molecule has 20 heavy (non-hydrogen) atoms. The Morgan fingerprint density at radius 1 is 1.20 bits per heavy atom. The second-order valence-electron chi connectivity index (χ2n) is 6.38. The van der Waals surface area contributed by atoms with Crippen molar-refractivity contribution < 1.29 is 5.11 Å². The summed E-state index contributed by atoms with van der Waals surface area (Å²) in [6, 6.07) is 4.12. The van der Waals surface area contributed by atoms with Crippen LogP contribution >= 0.6 is 31.9 Å². The maximum atomic E-state index is 10.5. The van der Waals surface area contributed by atoms with Gasteiger partial charge in [0, 0.05) is 42.3 Å². The standard InChI is InChI=1S/C15H22Br2N2O/c1-15(2,3)14(19-6-4-18-5-7-19)11-8-10(16)9-12(17)13(11)20/h8-9,14,18,20H,4-7H2,1-3H3/t14-/m1/s1. The Balaban J connectivity index is 2.46. The molecule has 1 aromatic carbocycles. The number of halogens is 2. The number of rotatable bonds is 2. The number of phenols is 1. The molecule has 0 aliphatic carbocycles. The van der Waals surface area contributed by atoms with Crippen LogP contribution in [0.4, 0.5) is 0 Å². The first kappa shape index (κ1) is 16.3. The average Bonchev–Trinajstić information content (AvgIpc) is 2.35. The van der Waals surface area contributed by atoms with Crippen molar-refractivity contribution in [3.05, 3.63) is 26.6 Å². The molecule has 2 rings (SSSR count). The van der Waals surface area contributed by atoms with Crippen LogP contribution in [0.2, 0.25) is 0 Å². The van der Waals surface area contributed by atoms with Gasteiger partial charge in [-0.15, -0.1) is 0 Å². The summed E-state index contributed by atoms with van der Waals surface area (Å²) in [6.07, 6.45) is 0. The Hall–Kier alpha value is -0.100. The van der Waals surface area contributed by atoms with E-state index in [2.05, 4.69) is 62.8 Å². The number of hydrogen-bond donors (Lipinski definition) is 2. The summed E-state index contributed by atoms with van der Waals surface area (Å²) >= 11 is 6.98. The molecule has 0 radical (unpaired) electrons. The van der Waals surface area contributed by atoms with E-state index < -0.39 is 0 Å². The Morgan fingerprint density at radius 2 is 1.80 bits per heavy atom. The van der Waals surface area contributed by atoms with Crippen LogP contribution in [0.15, 0.2) is 21.1 Å². The number of phenolic OH excluding ortho intramolecular Hbond substituents is 1. The quantitative estimate of drug-likeness (QED) is 0.782. The summed E-state index contributed by atoms with van der Waals surface area (Å²) in [4.78, 5) is 2.46. The summed E-state index contributed by atoms with van der Waals surface area (Å²) in [5.41, 5.74) is 1.04. The Kier molecular flexibility index (Phi) is 5.16. The molecule has 0 aromatic heterocycles. The van der Waals surface area contributed by atoms with Gasteiger partial charge in [-0.1, -0.05) is 36.7 Å². The van der Waals surface area contributed by atoms with Crippen molar-refractivity contribution in [1.29, 1.82) is 0 Å². The van der Waals surface area contributed by atoms with Crippen molar-refractivity contribution >= 4 is 31.9 Å². The van der Waals surface area contributed by atoms with E-state index in [9.17, 15) is 5.11 Å². The molecule has 1 aliphatic heterocycles. The molecule has 1 atom stereocenters. The second-order valence-corrected chi connectivity index (χ2v) is 8.15. The van der Waals surface area contributed by atoms with Crippen molar-refractivity contribution in [3.8, 4) is 5.75 Å². The van der Waals surface area contributed by atoms with Crippen molar-refractivity contribution in [2.45, 2.75) is 26.8 Å². The second kappa shape index (κ2) is 6.34. The van der Waals surface area contributed by atoms with Crippen LogP contribution in [0, 0.1) is 5.41 Å². The maximum Gasteiger partial charge on any atom is 0.134 e. The van der Waals surface area contributed by atoms with Gasteiger partial charge < -0.3 is 10.4 Å². The molecule has 112 valence electrons. The smallest absolute Gasteiger partial charge is 0.134 e. The van der Waals surface area contributed by atoms with E-state index in [4.69, 9.17) is 0 Å². The van der Waals surface area contributed by atoms with Gasteiger partial charge in [0.25, 0.3) is 0 Å². The SMILES string of the molecule is CC(C)(C)[C@@H](c1cc(Br)cc(Br)c1O)N1CCNCC1. The van der Waals surface area contributed by atoms with E-state index in [1.807, 2.05) is 12.1 Å². The molecule has 0 unspecified atom stereocenters. The molecule has 1 fully saturated rings. The summed E-state index contributed by atoms with van der Waals surface area (Å²) < 4.78 is 1.73. The molecule has 0 bridgehead atoms. The lowest BCUT2D eigenvalue weighted by atomic mass is 9.80. The number of benzene rings is 1. The molecular formula is C15H22Br2N2O. The number of aromatic hydroxyl groups is 1. The van der Waals surface area contributed by atoms with E-state index in [1.54, 1.807) is 0 Å². The molecule has 0 spiro atoms. The number of nitrogens with zero attached hydrogens (tertiary/aromatic N) is 1. The molecule has 3 nitrogen and oxygen atoms in total. The predicted molar refractivity (Wildman–Crippen MR) is 90.1 cm³/mol. The van der Waals surface area contributed by atoms with Gasteiger partial charge in [0.2, 0.25) is 0 Å². The third-order valence-electron chi connectivity index (χ3n) is 3.69. The molecule has 1 aliphatic rings. The van der Waals surface area contributed by atoms with Crippen LogP contribution in [-0.4, -0.2) is 36.2 Å². The van der Waals surface area contributed by atoms with E-state index in [-0.39, 0.29) is 11.5 Å². The van der Waals surface area contributed by atoms with Gasteiger partial charge in [0.15, 0.2) is 0 Å². The average molecular weight is 406 g/mol. The van der Waals surface area contributed by atoms with Gasteiger partial charge >= 0.3 is 0 Å². The topological polar surface area (TPSA) is 35.5 Å². The minimum Gasteiger partial charge on any atom is -0.506 e. The molecule has 1 saturated heterocycles. The highest BCUT2D eigenvalue weighted by Crippen LogP contribution is 2.45. The van der Waals surface area contributed by atoms with E-state index in [0.717, 1.165) is 40.7 Å². The monoisotopic (exact) mass is 404 g/mol. The van der Waals surface area contributed by atoms with Crippen molar-refractivity contribution in [3.63, 3.8) is 0 Å². The Labute approximate surface area is 138 Å². The zero-order chi connectivity index (χ0) is 14.9. The lowest BCUT2D eigenvalue weighted by molar-refractivity contribution is 0.0841. The van der Waals surface area contributed by atoms with Crippen LogP contribution in [0.3, 0.4) is 0 Å². The van der Waals surface area contributed by atoms with E-state index in [1.165, 1.54) is 0 Å². The summed E-state index contributed by atoms with van der Waals surface area (Å²) in [7, 11) is 0. The lowest BCUT2D eigenvalue weighted by Crippen LogP contribution is -2.48. The molecule has 2 N–H and O–H groups in total. The number of piperazine rings is 1. The molecule has 0 saturated carbocycles. The van der Waals surface area contributed by atoms with Crippen LogP contribution in [-0.2, 0) is 0 Å². The van der Waals surface area contributed by atoms with E-state index >= 15 is 0 Å². The highest BCUT2D eigenvalue weighted by Gasteiger charge is 2.34. The van der Waals surface area contributed by atoms with Gasteiger partial charge in [0.05, 0.1) is 4.47 Å². The maximum absolute atomic E-state index is 10.5. The summed E-state index contributed by atoms with van der Waals surface area (Å²) in [5.74, 6) is 0.353. The molecular weight excluding hydrogens is 384 g/mol. The zero-order valence-electron chi connectivity index (χ0n) is 12.2. The highest BCUT2D eigenvalue weighted by molar-refractivity contribution is 9.11. The third-order valence-corrected chi connectivity index (χ3v) is 4.75. The van der Waals surface area contributed by atoms with E-state index in [0.29, 0.717) is 5.75 Å². The Morgan fingerprint density at radius 3 is 2.35 bits per heavy atom. The summed E-state index contributed by atoms with van der Waals surface area (Å²) in [5, 5.41) is 13.9. The lowest BCUT2D eigenvalue weighted by Gasteiger charge is -2.43. The van der Waals surface area contributed by atoms with Gasteiger partial charge in [-0.05, 0) is 33.5 Å². The zero-order valence-corrected chi connectivity index (χ0v) is 15.4.